The molecular formula is C13H28N2. The summed E-state index contributed by atoms with van der Waals surface area (Å²) in [5, 5.41) is 0. The van der Waals surface area contributed by atoms with E-state index < -0.39 is 0 Å². The van der Waals surface area contributed by atoms with Crippen LogP contribution in [-0.2, 0) is 0 Å². The zero-order chi connectivity index (χ0) is 11.9. The van der Waals surface area contributed by atoms with Crippen LogP contribution < -0.4 is 0 Å². The van der Waals surface area contributed by atoms with Gasteiger partial charge in [0.25, 0.3) is 0 Å². The van der Waals surface area contributed by atoms with E-state index in [0.29, 0.717) is 0 Å². The minimum Gasteiger partial charge on any atom is -0.285 e. The minimum atomic E-state index is 0.290. The largest absolute Gasteiger partial charge is 0.285 e. The van der Waals surface area contributed by atoms with E-state index in [4.69, 9.17) is 0 Å². The Balaban J connectivity index is 2.73. The molecule has 0 unspecified atom stereocenters. The highest BCUT2D eigenvalue weighted by molar-refractivity contribution is 4.87. The maximum absolute atomic E-state index is 2.59. The van der Waals surface area contributed by atoms with Crippen molar-refractivity contribution in [2.75, 3.05) is 19.8 Å². The fourth-order valence-corrected chi connectivity index (χ4v) is 2.10. The monoisotopic (exact) mass is 212 g/mol. The van der Waals surface area contributed by atoms with Crippen LogP contribution in [0.1, 0.15) is 48.5 Å². The topological polar surface area (TPSA) is 6.48 Å². The summed E-state index contributed by atoms with van der Waals surface area (Å²) in [7, 11) is 0. The molecule has 2 heteroatoms. The Bertz CT molecular complexity index is 188. The molecule has 0 atom stereocenters. The molecule has 1 aliphatic heterocycles. The molecule has 0 aromatic heterocycles. The van der Waals surface area contributed by atoms with Crippen molar-refractivity contribution in [1.82, 2.24) is 9.80 Å². The molecule has 2 nitrogen and oxygen atoms in total. The molecule has 0 N–H and O–H groups in total. The zero-order valence-corrected chi connectivity index (χ0v) is 11.6. The molecule has 1 heterocycles. The Morgan fingerprint density at radius 3 is 1.40 bits per heavy atom. The van der Waals surface area contributed by atoms with Crippen molar-refractivity contribution in [2.24, 2.45) is 5.92 Å². The maximum Gasteiger partial charge on any atom is 0.0515 e. The van der Waals surface area contributed by atoms with Gasteiger partial charge in [0.2, 0.25) is 0 Å². The molecule has 1 saturated heterocycles. The molecule has 0 bridgehead atoms. The molecule has 0 radical (unpaired) electrons. The lowest BCUT2D eigenvalue weighted by Gasteiger charge is -2.50. The van der Waals surface area contributed by atoms with Crippen molar-refractivity contribution in [3.63, 3.8) is 0 Å². The summed E-state index contributed by atoms with van der Waals surface area (Å²) in [4.78, 5) is 5.18. The van der Waals surface area contributed by atoms with Gasteiger partial charge in [0.15, 0.2) is 0 Å². The van der Waals surface area contributed by atoms with Crippen molar-refractivity contribution in [1.29, 1.82) is 0 Å². The van der Waals surface area contributed by atoms with Gasteiger partial charge < -0.3 is 0 Å². The highest BCUT2D eigenvalue weighted by atomic mass is 15.4. The molecule has 1 fully saturated rings. The third-order valence-electron chi connectivity index (χ3n) is 3.30. The number of hydrogen-bond donors (Lipinski definition) is 0. The van der Waals surface area contributed by atoms with E-state index in [2.05, 4.69) is 58.3 Å². The molecule has 0 amide bonds. The van der Waals surface area contributed by atoms with Crippen molar-refractivity contribution >= 4 is 0 Å². The molecule has 0 aliphatic carbocycles. The van der Waals surface area contributed by atoms with Crippen LogP contribution in [0.2, 0.25) is 0 Å². The summed E-state index contributed by atoms with van der Waals surface area (Å²) in [6.07, 6.45) is 0. The number of nitrogens with zero attached hydrogens (tertiary/aromatic N) is 2. The first-order valence-corrected chi connectivity index (χ1v) is 6.11. The lowest BCUT2D eigenvalue weighted by molar-refractivity contribution is -0.0436. The van der Waals surface area contributed by atoms with E-state index in [1.807, 2.05) is 0 Å². The van der Waals surface area contributed by atoms with Gasteiger partial charge in [-0.3, -0.25) is 9.80 Å². The highest BCUT2D eigenvalue weighted by Crippen LogP contribution is 2.25. The number of hydrogen-bond acceptors (Lipinski definition) is 2. The van der Waals surface area contributed by atoms with E-state index in [-0.39, 0.29) is 11.1 Å². The van der Waals surface area contributed by atoms with Gasteiger partial charge in [-0.05, 0) is 47.5 Å². The van der Waals surface area contributed by atoms with E-state index in [1.165, 1.54) is 13.1 Å². The Labute approximate surface area is 95.6 Å². The second-order valence-electron chi connectivity index (χ2n) is 7.03. The highest BCUT2D eigenvalue weighted by Gasteiger charge is 2.34. The van der Waals surface area contributed by atoms with Gasteiger partial charge >= 0.3 is 0 Å². The fourth-order valence-electron chi connectivity index (χ4n) is 2.10. The van der Waals surface area contributed by atoms with Gasteiger partial charge in [-0.25, -0.2) is 0 Å². The minimum absolute atomic E-state index is 0.290. The average Bonchev–Trinajstić information content (AvgIpc) is 1.99. The van der Waals surface area contributed by atoms with Crippen LogP contribution in [0.4, 0.5) is 0 Å². The normalized spacial score (nSPS) is 23.4. The number of rotatable bonds is 0. The van der Waals surface area contributed by atoms with E-state index in [9.17, 15) is 0 Å². The van der Waals surface area contributed by atoms with Crippen molar-refractivity contribution in [3.8, 4) is 0 Å². The van der Waals surface area contributed by atoms with Crippen molar-refractivity contribution in [2.45, 2.75) is 59.5 Å². The van der Waals surface area contributed by atoms with Gasteiger partial charge in [-0.1, -0.05) is 6.92 Å². The summed E-state index contributed by atoms with van der Waals surface area (Å²) in [6.45, 7) is 19.8. The second-order valence-corrected chi connectivity index (χ2v) is 7.03. The first-order chi connectivity index (χ1) is 6.60. The molecule has 90 valence electrons. The van der Waals surface area contributed by atoms with Crippen LogP contribution in [0, 0.1) is 5.92 Å². The Hall–Kier alpha value is -0.0800. The van der Waals surface area contributed by atoms with Crippen LogP contribution in [0.15, 0.2) is 0 Å². The summed E-state index contributed by atoms with van der Waals surface area (Å²) >= 11 is 0. The molecule has 1 rings (SSSR count). The maximum atomic E-state index is 2.59. The van der Waals surface area contributed by atoms with E-state index in [1.54, 1.807) is 0 Å². The van der Waals surface area contributed by atoms with Gasteiger partial charge in [0, 0.05) is 24.2 Å². The molecule has 0 aromatic carbocycles. The quantitative estimate of drug-likeness (QED) is 0.609. The standard InChI is InChI=1S/C13H28N2/c1-11-8-14(12(2,3)4)10-15(9-11)13(5,6)7/h11H,8-10H2,1-7H3. The van der Waals surface area contributed by atoms with Crippen LogP contribution in [0.25, 0.3) is 0 Å². The SMILES string of the molecule is CC1CN(C(C)(C)C)CN(C(C)(C)C)C1. The zero-order valence-electron chi connectivity index (χ0n) is 11.6. The Morgan fingerprint density at radius 2 is 1.13 bits per heavy atom. The third-order valence-corrected chi connectivity index (χ3v) is 3.30. The summed E-state index contributed by atoms with van der Waals surface area (Å²) < 4.78 is 0. The van der Waals surface area contributed by atoms with Crippen LogP contribution in [0.5, 0.6) is 0 Å². The third kappa shape index (κ3) is 3.46. The van der Waals surface area contributed by atoms with Crippen LogP contribution in [-0.4, -0.2) is 40.6 Å². The molecule has 15 heavy (non-hydrogen) atoms. The van der Waals surface area contributed by atoms with E-state index >= 15 is 0 Å². The summed E-state index contributed by atoms with van der Waals surface area (Å²) in [6, 6.07) is 0. The predicted octanol–water partition coefficient (Wildman–Crippen LogP) is 2.79. The smallest absolute Gasteiger partial charge is 0.0515 e. The first kappa shape index (κ1) is 13.0. The molecule has 0 aromatic rings. The van der Waals surface area contributed by atoms with Gasteiger partial charge in [-0.2, -0.15) is 0 Å². The van der Waals surface area contributed by atoms with Crippen molar-refractivity contribution in [3.05, 3.63) is 0 Å². The molecule has 1 aliphatic rings. The molecular weight excluding hydrogens is 184 g/mol. The second kappa shape index (κ2) is 4.06. The van der Waals surface area contributed by atoms with Crippen LogP contribution in [0.3, 0.4) is 0 Å². The van der Waals surface area contributed by atoms with E-state index in [0.717, 1.165) is 12.6 Å². The van der Waals surface area contributed by atoms with Crippen molar-refractivity contribution < 1.29 is 0 Å². The summed E-state index contributed by atoms with van der Waals surface area (Å²) in [5.41, 5.74) is 0.580. The molecule has 0 spiro atoms. The molecule has 0 saturated carbocycles. The Kier molecular flexibility index (Phi) is 3.52. The van der Waals surface area contributed by atoms with Gasteiger partial charge in [0.1, 0.15) is 0 Å². The Morgan fingerprint density at radius 1 is 0.800 bits per heavy atom. The fraction of sp³-hybridized carbons (Fsp3) is 1.00. The first-order valence-electron chi connectivity index (χ1n) is 6.11. The van der Waals surface area contributed by atoms with Crippen LogP contribution >= 0.6 is 0 Å². The van der Waals surface area contributed by atoms with Gasteiger partial charge in [-0.15, -0.1) is 0 Å². The lowest BCUT2D eigenvalue weighted by Crippen LogP contribution is -2.59. The average molecular weight is 212 g/mol. The summed E-state index contributed by atoms with van der Waals surface area (Å²) in [5.74, 6) is 0.775. The van der Waals surface area contributed by atoms with Gasteiger partial charge in [0.05, 0.1) is 6.67 Å². The predicted molar refractivity (Wildman–Crippen MR) is 66.9 cm³/mol. The lowest BCUT2D eigenvalue weighted by atomic mass is 9.97.